The minimum Gasteiger partial charge on any atom is -0.358 e. The number of benzene rings is 1. The topological polar surface area (TPSA) is 62.2 Å². The van der Waals surface area contributed by atoms with E-state index in [4.69, 9.17) is 12.2 Å². The molecule has 1 aliphatic carbocycles. The predicted octanol–water partition coefficient (Wildman–Crippen LogP) is 3.01. The summed E-state index contributed by atoms with van der Waals surface area (Å²) < 4.78 is 0. The Balaban J connectivity index is 1.55. The lowest BCUT2D eigenvalue weighted by Gasteiger charge is -2.30. The van der Waals surface area contributed by atoms with Crippen LogP contribution in [0.15, 0.2) is 35.6 Å². The fourth-order valence-electron chi connectivity index (χ4n) is 2.92. The number of thiocarbonyl (C=S) groups is 1. The van der Waals surface area contributed by atoms with E-state index in [0.29, 0.717) is 22.8 Å². The number of hydrazone groups is 1. The third-order valence-electron chi connectivity index (χ3n) is 4.26. The number of rotatable bonds is 3. The van der Waals surface area contributed by atoms with Gasteiger partial charge in [0.15, 0.2) is 5.11 Å². The van der Waals surface area contributed by atoms with E-state index in [1.165, 1.54) is 25.7 Å². The number of nitrogens with one attached hydrogen (secondary N) is 2. The molecule has 0 bridgehead atoms. The molecule has 23 heavy (non-hydrogen) atoms. The maximum Gasteiger partial charge on any atom is 0.187 e. The lowest BCUT2D eigenvalue weighted by atomic mass is 9.86. The minimum absolute atomic E-state index is 0.444. The molecule has 0 spiro atoms. The van der Waals surface area contributed by atoms with Gasteiger partial charge in [0.1, 0.15) is 5.69 Å². The number of aromatic nitrogens is 2. The number of hydrogen-bond acceptors (Lipinski definition) is 4. The Bertz CT molecular complexity index is 715. The van der Waals surface area contributed by atoms with Crippen molar-refractivity contribution in [1.82, 2.24) is 20.7 Å². The Morgan fingerprint density at radius 3 is 2.87 bits per heavy atom. The molecule has 0 unspecified atom stereocenters. The Hall–Kier alpha value is -2.08. The van der Waals surface area contributed by atoms with Gasteiger partial charge in [0, 0.05) is 6.04 Å². The largest absolute Gasteiger partial charge is 0.358 e. The normalized spacial score (nSPS) is 21.4. The summed E-state index contributed by atoms with van der Waals surface area (Å²) in [6.45, 7) is 2.27. The predicted molar refractivity (Wildman–Crippen MR) is 97.4 cm³/mol. The molecule has 1 aromatic carbocycles. The Morgan fingerprint density at radius 2 is 2.04 bits per heavy atom. The molecule has 120 valence electrons. The van der Waals surface area contributed by atoms with Crippen LogP contribution in [-0.2, 0) is 0 Å². The maximum atomic E-state index is 5.31. The number of hydrogen-bond donors (Lipinski definition) is 2. The van der Waals surface area contributed by atoms with Gasteiger partial charge in [-0.1, -0.05) is 31.9 Å². The van der Waals surface area contributed by atoms with Crippen LogP contribution in [0.1, 0.15) is 38.3 Å². The van der Waals surface area contributed by atoms with Gasteiger partial charge >= 0.3 is 0 Å². The van der Waals surface area contributed by atoms with Crippen molar-refractivity contribution in [3.05, 3.63) is 36.2 Å². The average Bonchev–Trinajstić information content (AvgIpc) is 2.57. The summed E-state index contributed by atoms with van der Waals surface area (Å²) >= 11 is 5.31. The van der Waals surface area contributed by atoms with Crippen LogP contribution in [0.2, 0.25) is 0 Å². The van der Waals surface area contributed by atoms with Gasteiger partial charge < -0.3 is 5.32 Å². The van der Waals surface area contributed by atoms with E-state index in [1.54, 1.807) is 12.4 Å². The summed E-state index contributed by atoms with van der Waals surface area (Å²) in [5.74, 6) is 0.652. The monoisotopic (exact) mass is 327 g/mol. The second kappa shape index (κ2) is 7.46. The van der Waals surface area contributed by atoms with E-state index in [9.17, 15) is 0 Å². The highest BCUT2D eigenvalue weighted by atomic mass is 32.1. The van der Waals surface area contributed by atoms with Gasteiger partial charge in [-0.15, -0.1) is 0 Å². The van der Waals surface area contributed by atoms with E-state index in [2.05, 4.69) is 32.7 Å². The van der Waals surface area contributed by atoms with Crippen LogP contribution in [0.5, 0.6) is 0 Å². The molecule has 0 aliphatic heterocycles. The molecular weight excluding hydrogens is 306 g/mol. The van der Waals surface area contributed by atoms with Gasteiger partial charge in [0.2, 0.25) is 0 Å². The summed E-state index contributed by atoms with van der Waals surface area (Å²) in [5, 5.41) is 8.08. The average molecular weight is 327 g/mol. The zero-order valence-corrected chi connectivity index (χ0v) is 14.0. The van der Waals surface area contributed by atoms with Crippen molar-refractivity contribution in [3.63, 3.8) is 0 Å². The van der Waals surface area contributed by atoms with Crippen molar-refractivity contribution in [2.45, 2.75) is 38.6 Å². The second-order valence-corrected chi connectivity index (χ2v) is 6.40. The van der Waals surface area contributed by atoms with E-state index in [-0.39, 0.29) is 0 Å². The molecule has 6 heteroatoms. The van der Waals surface area contributed by atoms with Crippen molar-refractivity contribution in [1.29, 1.82) is 0 Å². The molecule has 1 aromatic heterocycles. The van der Waals surface area contributed by atoms with Gasteiger partial charge in [-0.05, 0) is 43.1 Å². The first-order chi connectivity index (χ1) is 11.2. The number of fused-ring (bicyclic) bond motifs is 1. The van der Waals surface area contributed by atoms with Gasteiger partial charge in [-0.3, -0.25) is 10.4 Å². The molecule has 5 nitrogen and oxygen atoms in total. The molecule has 0 radical (unpaired) electrons. The van der Waals surface area contributed by atoms with Crippen molar-refractivity contribution in [2.24, 2.45) is 11.0 Å². The van der Waals surface area contributed by atoms with E-state index < -0.39 is 0 Å². The molecule has 2 N–H and O–H groups in total. The zero-order valence-electron chi connectivity index (χ0n) is 13.2. The summed E-state index contributed by atoms with van der Waals surface area (Å²) in [6.07, 6.45) is 8.35. The maximum absolute atomic E-state index is 5.31. The molecule has 1 fully saturated rings. The number of nitrogens with zero attached hydrogens (tertiary/aromatic N) is 3. The molecule has 2 aromatic rings. The Labute approximate surface area is 141 Å². The first kappa shape index (κ1) is 15.8. The lowest BCUT2D eigenvalue weighted by Crippen LogP contribution is -2.44. The van der Waals surface area contributed by atoms with Gasteiger partial charge in [0.25, 0.3) is 0 Å². The van der Waals surface area contributed by atoms with Crippen LogP contribution in [-0.4, -0.2) is 27.3 Å². The van der Waals surface area contributed by atoms with Crippen LogP contribution in [0.3, 0.4) is 0 Å². The highest BCUT2D eigenvalue weighted by molar-refractivity contribution is 7.80. The number of para-hydroxylation sites is 2. The van der Waals surface area contributed by atoms with Crippen LogP contribution in [0.25, 0.3) is 11.0 Å². The second-order valence-electron chi connectivity index (χ2n) is 6.00. The Kier molecular flexibility index (Phi) is 5.12. The molecule has 3 rings (SSSR count). The molecule has 1 saturated carbocycles. The molecule has 2 atom stereocenters. The molecule has 1 heterocycles. The smallest absolute Gasteiger partial charge is 0.187 e. The first-order valence-electron chi connectivity index (χ1n) is 8.04. The lowest BCUT2D eigenvalue weighted by molar-refractivity contribution is 0.308. The fourth-order valence-corrected chi connectivity index (χ4v) is 3.13. The van der Waals surface area contributed by atoms with Crippen LogP contribution >= 0.6 is 12.2 Å². The van der Waals surface area contributed by atoms with Gasteiger partial charge in [0.05, 0.1) is 23.4 Å². The van der Waals surface area contributed by atoms with Crippen LogP contribution in [0.4, 0.5) is 0 Å². The summed E-state index contributed by atoms with van der Waals surface area (Å²) in [7, 11) is 0. The summed E-state index contributed by atoms with van der Waals surface area (Å²) in [5.41, 5.74) is 5.30. The minimum atomic E-state index is 0.444. The molecular formula is C17H21N5S. The quantitative estimate of drug-likeness (QED) is 0.515. The standard InChI is InChI=1S/C17H21N5S/c1-12-6-2-3-7-14(12)21-17(23)22-19-11-13-10-18-15-8-4-5-9-16(15)20-13/h4-5,8-12,14H,2-3,6-7H2,1H3,(H2,21,22,23)/b19-11-/t12-,14+/m0/s1. The summed E-state index contributed by atoms with van der Waals surface area (Å²) in [6, 6.07) is 8.21. The third kappa shape index (κ3) is 4.22. The van der Waals surface area contributed by atoms with Gasteiger partial charge in [-0.2, -0.15) is 5.10 Å². The summed E-state index contributed by atoms with van der Waals surface area (Å²) in [4.78, 5) is 8.84. The first-order valence-corrected chi connectivity index (χ1v) is 8.44. The highest BCUT2D eigenvalue weighted by Gasteiger charge is 2.21. The van der Waals surface area contributed by atoms with Crippen molar-refractivity contribution >= 4 is 34.6 Å². The van der Waals surface area contributed by atoms with Crippen molar-refractivity contribution in [2.75, 3.05) is 0 Å². The zero-order chi connectivity index (χ0) is 16.1. The van der Waals surface area contributed by atoms with Crippen LogP contribution < -0.4 is 10.7 Å². The SMILES string of the molecule is C[C@H]1CCCC[C@H]1NC(=S)N/N=C\c1cnc2ccccc2n1. The van der Waals surface area contributed by atoms with Crippen LogP contribution in [0, 0.1) is 5.92 Å². The van der Waals surface area contributed by atoms with E-state index >= 15 is 0 Å². The highest BCUT2D eigenvalue weighted by Crippen LogP contribution is 2.23. The van der Waals surface area contributed by atoms with E-state index in [0.717, 1.165) is 11.0 Å². The van der Waals surface area contributed by atoms with E-state index in [1.807, 2.05) is 24.3 Å². The molecule has 1 aliphatic rings. The van der Waals surface area contributed by atoms with Crippen molar-refractivity contribution < 1.29 is 0 Å². The molecule has 0 saturated heterocycles. The third-order valence-corrected chi connectivity index (χ3v) is 4.47. The van der Waals surface area contributed by atoms with Gasteiger partial charge in [-0.25, -0.2) is 4.98 Å². The fraction of sp³-hybridized carbons (Fsp3) is 0.412. The van der Waals surface area contributed by atoms with Crippen molar-refractivity contribution in [3.8, 4) is 0 Å². The molecule has 0 amide bonds. The Morgan fingerprint density at radius 1 is 1.26 bits per heavy atom.